The second kappa shape index (κ2) is 7.86. The first-order valence-electron chi connectivity index (χ1n) is 9.18. The van der Waals surface area contributed by atoms with Crippen LogP contribution in [0.5, 0.6) is 0 Å². The molecule has 0 aliphatic rings. The van der Waals surface area contributed by atoms with Crippen LogP contribution in [0.1, 0.15) is 38.3 Å². The number of hydrogen-bond acceptors (Lipinski definition) is 4. The van der Waals surface area contributed by atoms with Gasteiger partial charge in [-0.05, 0) is 48.6 Å². The van der Waals surface area contributed by atoms with Gasteiger partial charge >= 0.3 is 4.87 Å². The Morgan fingerprint density at radius 3 is 2.30 bits per heavy atom. The summed E-state index contributed by atoms with van der Waals surface area (Å²) < 4.78 is 31.2. The van der Waals surface area contributed by atoms with Crippen LogP contribution in [0.4, 0.5) is 5.69 Å². The molecular weight excluding hydrogens is 380 g/mol. The SMILES string of the molecule is CCCn1c(=O)sc2cc(S(=O)(=O)Nc3c(CC)cccc3CC)ccc21. The summed E-state index contributed by atoms with van der Waals surface area (Å²) in [4.78, 5) is 12.3. The van der Waals surface area contributed by atoms with Crippen LogP contribution in [-0.2, 0) is 29.4 Å². The van der Waals surface area contributed by atoms with Crippen molar-refractivity contribution < 1.29 is 8.42 Å². The Kier molecular flexibility index (Phi) is 5.72. The molecular formula is C20H24N2O3S2. The molecule has 1 N–H and O–H groups in total. The Bertz CT molecular complexity index is 1110. The van der Waals surface area contributed by atoms with Crippen LogP contribution in [0.3, 0.4) is 0 Å². The van der Waals surface area contributed by atoms with Crippen LogP contribution in [0, 0.1) is 0 Å². The molecule has 144 valence electrons. The summed E-state index contributed by atoms with van der Waals surface area (Å²) in [6, 6.07) is 10.7. The lowest BCUT2D eigenvalue weighted by Crippen LogP contribution is -2.16. The minimum absolute atomic E-state index is 0.0565. The zero-order valence-corrected chi connectivity index (χ0v) is 17.4. The Morgan fingerprint density at radius 1 is 1.04 bits per heavy atom. The maximum Gasteiger partial charge on any atom is 0.308 e. The van der Waals surface area contributed by atoms with Gasteiger partial charge in [0, 0.05) is 6.54 Å². The van der Waals surface area contributed by atoms with Crippen molar-refractivity contribution in [3.8, 4) is 0 Å². The zero-order valence-electron chi connectivity index (χ0n) is 15.8. The molecule has 0 unspecified atom stereocenters. The maximum atomic E-state index is 13.0. The highest BCUT2D eigenvalue weighted by molar-refractivity contribution is 7.92. The van der Waals surface area contributed by atoms with Crippen LogP contribution in [0.2, 0.25) is 0 Å². The molecule has 0 amide bonds. The predicted molar refractivity (Wildman–Crippen MR) is 112 cm³/mol. The number of sulfonamides is 1. The minimum Gasteiger partial charge on any atom is -0.299 e. The third-order valence-electron chi connectivity index (χ3n) is 4.63. The van der Waals surface area contributed by atoms with Gasteiger partial charge in [-0.15, -0.1) is 0 Å². The van der Waals surface area contributed by atoms with Gasteiger partial charge in [-0.3, -0.25) is 14.1 Å². The number of hydrogen-bond donors (Lipinski definition) is 1. The van der Waals surface area contributed by atoms with Crippen LogP contribution in [-0.4, -0.2) is 13.0 Å². The van der Waals surface area contributed by atoms with Crippen molar-refractivity contribution in [2.24, 2.45) is 0 Å². The van der Waals surface area contributed by atoms with Crippen LogP contribution < -0.4 is 9.60 Å². The summed E-state index contributed by atoms with van der Waals surface area (Å²) in [5.41, 5.74) is 3.39. The predicted octanol–water partition coefficient (Wildman–Crippen LogP) is 4.40. The lowest BCUT2D eigenvalue weighted by atomic mass is 10.0. The minimum atomic E-state index is -3.74. The van der Waals surface area contributed by atoms with Gasteiger partial charge in [0.05, 0.1) is 20.8 Å². The van der Waals surface area contributed by atoms with Gasteiger partial charge < -0.3 is 0 Å². The molecule has 2 aromatic carbocycles. The van der Waals surface area contributed by atoms with Crippen molar-refractivity contribution >= 4 is 37.3 Å². The molecule has 0 saturated heterocycles. The van der Waals surface area contributed by atoms with Crippen molar-refractivity contribution in [3.05, 3.63) is 57.2 Å². The van der Waals surface area contributed by atoms with Gasteiger partial charge in [-0.2, -0.15) is 0 Å². The van der Waals surface area contributed by atoms with E-state index in [2.05, 4.69) is 4.72 Å². The monoisotopic (exact) mass is 404 g/mol. The molecule has 0 fully saturated rings. The van der Waals surface area contributed by atoms with E-state index in [0.29, 0.717) is 16.9 Å². The lowest BCUT2D eigenvalue weighted by Gasteiger charge is -2.15. The van der Waals surface area contributed by atoms with E-state index in [1.807, 2.05) is 39.0 Å². The van der Waals surface area contributed by atoms with Gasteiger partial charge in [0.15, 0.2) is 0 Å². The molecule has 0 spiro atoms. The van der Waals surface area contributed by atoms with E-state index in [-0.39, 0.29) is 9.77 Å². The number of para-hydroxylation sites is 1. The van der Waals surface area contributed by atoms with Crippen molar-refractivity contribution in [2.75, 3.05) is 4.72 Å². The summed E-state index contributed by atoms with van der Waals surface area (Å²) in [6.45, 7) is 6.65. The third kappa shape index (κ3) is 3.80. The molecule has 3 rings (SSSR count). The summed E-state index contributed by atoms with van der Waals surface area (Å²) in [5.74, 6) is 0. The molecule has 3 aromatic rings. The van der Waals surface area contributed by atoms with Gasteiger partial charge in [0.1, 0.15) is 0 Å². The number of anilines is 1. The Labute approximate surface area is 163 Å². The van der Waals surface area contributed by atoms with Gasteiger partial charge in [0.2, 0.25) is 0 Å². The zero-order chi connectivity index (χ0) is 19.6. The number of nitrogens with one attached hydrogen (secondary N) is 1. The number of aromatic nitrogens is 1. The van der Waals surface area contributed by atoms with E-state index in [1.54, 1.807) is 22.8 Å². The highest BCUT2D eigenvalue weighted by Gasteiger charge is 2.19. The van der Waals surface area contributed by atoms with E-state index in [4.69, 9.17) is 0 Å². The average molecular weight is 405 g/mol. The van der Waals surface area contributed by atoms with E-state index in [1.165, 1.54) is 0 Å². The molecule has 0 atom stereocenters. The first-order chi connectivity index (χ1) is 12.9. The summed E-state index contributed by atoms with van der Waals surface area (Å²) in [5, 5.41) is 0. The smallest absolute Gasteiger partial charge is 0.299 e. The molecule has 5 nitrogen and oxygen atoms in total. The second-order valence-corrected chi connectivity index (χ2v) is 9.09. The third-order valence-corrected chi connectivity index (χ3v) is 6.92. The summed E-state index contributed by atoms with van der Waals surface area (Å²) in [7, 11) is -3.74. The molecule has 0 saturated carbocycles. The Hall–Kier alpha value is -2.12. The molecule has 1 heterocycles. The van der Waals surface area contributed by atoms with Gasteiger partial charge in [0.25, 0.3) is 10.0 Å². The Balaban J connectivity index is 2.05. The quantitative estimate of drug-likeness (QED) is 0.635. The van der Waals surface area contributed by atoms with Crippen LogP contribution in [0.25, 0.3) is 10.2 Å². The molecule has 7 heteroatoms. The number of thiazole rings is 1. The fourth-order valence-corrected chi connectivity index (χ4v) is 5.42. The van der Waals surface area contributed by atoms with Crippen molar-refractivity contribution in [1.29, 1.82) is 0 Å². The van der Waals surface area contributed by atoms with Gasteiger partial charge in [-0.25, -0.2) is 8.42 Å². The fourth-order valence-electron chi connectivity index (χ4n) is 3.22. The van der Waals surface area contributed by atoms with Crippen molar-refractivity contribution in [1.82, 2.24) is 4.57 Å². The number of fused-ring (bicyclic) bond motifs is 1. The normalized spacial score (nSPS) is 11.8. The summed E-state index contributed by atoms with van der Waals surface area (Å²) in [6.07, 6.45) is 2.33. The number of nitrogens with zero attached hydrogens (tertiary/aromatic N) is 1. The molecule has 27 heavy (non-hydrogen) atoms. The fraction of sp³-hybridized carbons (Fsp3) is 0.350. The Morgan fingerprint density at radius 2 is 1.70 bits per heavy atom. The largest absolute Gasteiger partial charge is 0.308 e. The second-order valence-electron chi connectivity index (χ2n) is 6.41. The molecule has 0 radical (unpaired) electrons. The van der Waals surface area contributed by atoms with Crippen LogP contribution in [0.15, 0.2) is 46.1 Å². The lowest BCUT2D eigenvalue weighted by molar-refractivity contribution is 0.601. The average Bonchev–Trinajstić information content (AvgIpc) is 2.96. The first-order valence-corrected chi connectivity index (χ1v) is 11.5. The highest BCUT2D eigenvalue weighted by atomic mass is 32.2. The van der Waals surface area contributed by atoms with Gasteiger partial charge in [-0.1, -0.05) is 50.3 Å². The van der Waals surface area contributed by atoms with Crippen LogP contribution >= 0.6 is 11.3 Å². The van der Waals surface area contributed by atoms with E-state index >= 15 is 0 Å². The topological polar surface area (TPSA) is 68.2 Å². The molecule has 0 aliphatic heterocycles. The standard InChI is InChI=1S/C20H24N2O3S2/c1-4-12-22-17-11-10-16(13-18(17)26-20(22)23)27(24,25)21-19-14(5-2)8-7-9-15(19)6-3/h7-11,13,21H,4-6,12H2,1-3H3. The van der Waals surface area contributed by atoms with E-state index in [0.717, 1.165) is 47.2 Å². The molecule has 0 aliphatic carbocycles. The van der Waals surface area contributed by atoms with E-state index < -0.39 is 10.0 Å². The highest BCUT2D eigenvalue weighted by Crippen LogP contribution is 2.28. The number of benzene rings is 2. The number of aryl methyl sites for hydroxylation is 3. The van der Waals surface area contributed by atoms with Crippen molar-refractivity contribution in [3.63, 3.8) is 0 Å². The summed E-state index contributed by atoms with van der Waals surface area (Å²) >= 11 is 1.09. The first kappa shape index (κ1) is 19.6. The van der Waals surface area contributed by atoms with E-state index in [9.17, 15) is 13.2 Å². The molecule has 1 aromatic heterocycles. The van der Waals surface area contributed by atoms with Crippen molar-refractivity contribution in [2.45, 2.75) is 51.5 Å². The molecule has 0 bridgehead atoms. The maximum absolute atomic E-state index is 13.0. The number of rotatable bonds is 7.